The molecule has 2 N–H and O–H groups in total. The summed E-state index contributed by atoms with van der Waals surface area (Å²) in [6.45, 7) is 1.92. The molecular weight excluding hydrogens is 396 g/mol. The Morgan fingerprint density at radius 1 is 1.21 bits per heavy atom. The molecule has 0 saturated heterocycles. The molecule has 142 valence electrons. The van der Waals surface area contributed by atoms with Crippen LogP contribution in [0, 0.1) is 0 Å². The number of thioether (sulfide) groups is 1. The van der Waals surface area contributed by atoms with Crippen molar-refractivity contribution in [3.63, 3.8) is 0 Å². The van der Waals surface area contributed by atoms with Gasteiger partial charge in [0, 0.05) is 22.1 Å². The van der Waals surface area contributed by atoms with Crippen molar-refractivity contribution in [1.29, 1.82) is 0 Å². The van der Waals surface area contributed by atoms with Gasteiger partial charge in [0.05, 0.1) is 17.4 Å². The number of carbonyl (C=O) groups is 1. The van der Waals surface area contributed by atoms with Crippen LogP contribution in [0.15, 0.2) is 64.4 Å². The van der Waals surface area contributed by atoms with Crippen molar-refractivity contribution in [1.82, 2.24) is 20.5 Å². The molecule has 1 unspecified atom stereocenters. The highest BCUT2D eigenvalue weighted by Crippen LogP contribution is 2.29. The minimum atomic E-state index is -0.116. The van der Waals surface area contributed by atoms with E-state index in [9.17, 15) is 4.79 Å². The third-order valence-electron chi connectivity index (χ3n) is 4.30. The molecule has 4 rings (SSSR count). The number of hydrogen-bond donors (Lipinski definition) is 2. The fraction of sp³-hybridized carbons (Fsp3) is 0.150. The van der Waals surface area contributed by atoms with E-state index in [1.165, 1.54) is 11.8 Å². The van der Waals surface area contributed by atoms with Crippen molar-refractivity contribution in [2.45, 2.75) is 18.2 Å². The SMILES string of the molecule is CC(NC(=O)CSc1nnc(-c2c[nH]c3ccccc23)o1)c1ccc(Cl)cc1. The summed E-state index contributed by atoms with van der Waals surface area (Å²) in [6, 6.07) is 15.2. The molecule has 1 amide bonds. The summed E-state index contributed by atoms with van der Waals surface area (Å²) in [5, 5.41) is 13.1. The first-order valence-corrected chi connectivity index (χ1v) is 10.0. The number of H-pyrrole nitrogens is 1. The van der Waals surface area contributed by atoms with Gasteiger partial charge in [-0.1, -0.05) is 53.7 Å². The molecular formula is C20H17ClN4O2S. The van der Waals surface area contributed by atoms with Gasteiger partial charge in [-0.25, -0.2) is 0 Å². The molecule has 2 aromatic heterocycles. The monoisotopic (exact) mass is 412 g/mol. The highest BCUT2D eigenvalue weighted by Gasteiger charge is 2.15. The van der Waals surface area contributed by atoms with E-state index < -0.39 is 0 Å². The predicted molar refractivity (Wildman–Crippen MR) is 110 cm³/mol. The number of hydrogen-bond acceptors (Lipinski definition) is 5. The smallest absolute Gasteiger partial charge is 0.277 e. The number of nitrogens with one attached hydrogen (secondary N) is 2. The molecule has 0 fully saturated rings. The lowest BCUT2D eigenvalue weighted by Crippen LogP contribution is -2.28. The quantitative estimate of drug-likeness (QED) is 0.442. The number of aromatic nitrogens is 3. The Morgan fingerprint density at radius 3 is 2.82 bits per heavy atom. The van der Waals surface area contributed by atoms with Crippen LogP contribution in [0.1, 0.15) is 18.5 Å². The van der Waals surface area contributed by atoms with Crippen molar-refractivity contribution in [2.75, 3.05) is 5.75 Å². The zero-order valence-electron chi connectivity index (χ0n) is 15.0. The van der Waals surface area contributed by atoms with E-state index in [0.717, 1.165) is 22.0 Å². The summed E-state index contributed by atoms with van der Waals surface area (Å²) in [5.74, 6) is 0.502. The number of halogens is 1. The summed E-state index contributed by atoms with van der Waals surface area (Å²) < 4.78 is 5.72. The molecule has 0 saturated carbocycles. The van der Waals surface area contributed by atoms with Crippen LogP contribution in [-0.2, 0) is 4.79 Å². The summed E-state index contributed by atoms with van der Waals surface area (Å²) in [6.07, 6.45) is 1.84. The fourth-order valence-electron chi connectivity index (χ4n) is 2.87. The Labute approximate surface area is 170 Å². The van der Waals surface area contributed by atoms with Gasteiger partial charge < -0.3 is 14.7 Å². The van der Waals surface area contributed by atoms with E-state index in [2.05, 4.69) is 20.5 Å². The second-order valence-corrected chi connectivity index (χ2v) is 7.61. The maximum Gasteiger partial charge on any atom is 0.277 e. The highest BCUT2D eigenvalue weighted by molar-refractivity contribution is 7.99. The van der Waals surface area contributed by atoms with Gasteiger partial charge in [0.1, 0.15) is 0 Å². The number of fused-ring (bicyclic) bond motifs is 1. The summed E-state index contributed by atoms with van der Waals surface area (Å²) >= 11 is 7.10. The number of carbonyl (C=O) groups excluding carboxylic acids is 1. The number of amides is 1. The van der Waals surface area contributed by atoms with Crippen molar-refractivity contribution >= 4 is 40.2 Å². The van der Waals surface area contributed by atoms with Gasteiger partial charge in [-0.2, -0.15) is 0 Å². The predicted octanol–water partition coefficient (Wildman–Crippen LogP) is 4.84. The van der Waals surface area contributed by atoms with E-state index >= 15 is 0 Å². The highest BCUT2D eigenvalue weighted by atomic mass is 35.5. The zero-order chi connectivity index (χ0) is 19.5. The lowest BCUT2D eigenvalue weighted by Gasteiger charge is -2.13. The van der Waals surface area contributed by atoms with Crippen LogP contribution in [0.2, 0.25) is 5.02 Å². The van der Waals surface area contributed by atoms with E-state index in [-0.39, 0.29) is 17.7 Å². The molecule has 8 heteroatoms. The maximum absolute atomic E-state index is 12.2. The van der Waals surface area contributed by atoms with Crippen molar-refractivity contribution < 1.29 is 9.21 Å². The standard InChI is InChI=1S/C20H17ClN4O2S/c1-12(13-6-8-14(21)9-7-13)23-18(26)11-28-20-25-24-19(27-20)16-10-22-17-5-3-2-4-15(16)17/h2-10,12,22H,11H2,1H3,(H,23,26). The molecule has 0 aliphatic rings. The van der Waals surface area contributed by atoms with E-state index in [0.29, 0.717) is 16.1 Å². The molecule has 4 aromatic rings. The van der Waals surface area contributed by atoms with Gasteiger partial charge in [-0.15, -0.1) is 10.2 Å². The number of benzene rings is 2. The summed E-state index contributed by atoms with van der Waals surface area (Å²) in [7, 11) is 0. The molecule has 0 aliphatic carbocycles. The first-order valence-electron chi connectivity index (χ1n) is 8.68. The van der Waals surface area contributed by atoms with Gasteiger partial charge in [-0.3, -0.25) is 4.79 Å². The van der Waals surface area contributed by atoms with Crippen LogP contribution in [0.25, 0.3) is 22.4 Å². The first kappa shape index (κ1) is 18.6. The van der Waals surface area contributed by atoms with Crippen molar-refractivity contribution in [2.24, 2.45) is 0 Å². The molecule has 28 heavy (non-hydrogen) atoms. The molecule has 0 aliphatic heterocycles. The van der Waals surface area contributed by atoms with Crippen LogP contribution >= 0.6 is 23.4 Å². The van der Waals surface area contributed by atoms with E-state index in [1.807, 2.05) is 49.5 Å². The Balaban J connectivity index is 1.36. The minimum Gasteiger partial charge on any atom is -0.411 e. The normalized spacial score (nSPS) is 12.2. The van der Waals surface area contributed by atoms with Gasteiger partial charge in [0.15, 0.2) is 0 Å². The lowest BCUT2D eigenvalue weighted by atomic mass is 10.1. The van der Waals surface area contributed by atoms with Crippen LogP contribution < -0.4 is 5.32 Å². The Bertz CT molecular complexity index is 1110. The van der Waals surface area contributed by atoms with Crippen LogP contribution in [-0.4, -0.2) is 26.8 Å². The van der Waals surface area contributed by atoms with Crippen molar-refractivity contribution in [3.8, 4) is 11.5 Å². The maximum atomic E-state index is 12.2. The Kier molecular flexibility index (Phi) is 5.36. The van der Waals surface area contributed by atoms with Gasteiger partial charge in [-0.05, 0) is 30.7 Å². The molecule has 0 bridgehead atoms. The van der Waals surface area contributed by atoms with Gasteiger partial charge >= 0.3 is 0 Å². The number of para-hydroxylation sites is 1. The Hall–Kier alpha value is -2.77. The van der Waals surface area contributed by atoms with Crippen LogP contribution in [0.4, 0.5) is 0 Å². The molecule has 0 radical (unpaired) electrons. The molecule has 1 atom stereocenters. The summed E-state index contributed by atoms with van der Waals surface area (Å²) in [5.41, 5.74) is 2.83. The van der Waals surface area contributed by atoms with Crippen LogP contribution in [0.3, 0.4) is 0 Å². The van der Waals surface area contributed by atoms with Crippen LogP contribution in [0.5, 0.6) is 0 Å². The third-order valence-corrected chi connectivity index (χ3v) is 5.37. The summed E-state index contributed by atoms with van der Waals surface area (Å²) in [4.78, 5) is 15.4. The molecule has 0 spiro atoms. The molecule has 6 nitrogen and oxygen atoms in total. The Morgan fingerprint density at radius 2 is 2.00 bits per heavy atom. The zero-order valence-corrected chi connectivity index (χ0v) is 16.6. The first-order chi connectivity index (χ1) is 13.6. The lowest BCUT2D eigenvalue weighted by molar-refractivity contribution is -0.119. The largest absolute Gasteiger partial charge is 0.411 e. The van der Waals surface area contributed by atoms with Crippen molar-refractivity contribution in [3.05, 3.63) is 65.3 Å². The van der Waals surface area contributed by atoms with E-state index in [1.54, 1.807) is 12.1 Å². The number of rotatable bonds is 6. The second kappa shape index (κ2) is 8.08. The molecule has 2 heterocycles. The number of nitrogens with zero attached hydrogens (tertiary/aromatic N) is 2. The molecule has 2 aromatic carbocycles. The van der Waals surface area contributed by atoms with Gasteiger partial charge in [0.2, 0.25) is 5.91 Å². The topological polar surface area (TPSA) is 83.8 Å². The third kappa shape index (κ3) is 4.05. The second-order valence-electron chi connectivity index (χ2n) is 6.25. The number of aromatic amines is 1. The average Bonchev–Trinajstić information content (AvgIpc) is 3.33. The fourth-order valence-corrected chi connectivity index (χ4v) is 3.57. The minimum absolute atomic E-state index is 0.112. The van der Waals surface area contributed by atoms with E-state index in [4.69, 9.17) is 16.0 Å². The average molecular weight is 413 g/mol. The van der Waals surface area contributed by atoms with Gasteiger partial charge in [0.25, 0.3) is 11.1 Å².